The Hall–Kier alpha value is -1.85. The molecule has 5 heteroatoms. The molecule has 0 saturated heterocycles. The average Bonchev–Trinajstić information content (AvgIpc) is 3.07. The number of thiophene rings is 1. The van der Waals surface area contributed by atoms with Crippen molar-refractivity contribution in [3.63, 3.8) is 0 Å². The molecule has 0 radical (unpaired) electrons. The zero-order chi connectivity index (χ0) is 17.5. The van der Waals surface area contributed by atoms with E-state index in [1.807, 2.05) is 29.0 Å². The molecule has 1 aromatic carbocycles. The third kappa shape index (κ3) is 5.08. The van der Waals surface area contributed by atoms with Crippen LogP contribution in [-0.4, -0.2) is 29.7 Å². The van der Waals surface area contributed by atoms with Gasteiger partial charge in [-0.1, -0.05) is 38.1 Å². The second kappa shape index (κ2) is 8.85. The van der Waals surface area contributed by atoms with Gasteiger partial charge in [-0.2, -0.15) is 11.3 Å². The van der Waals surface area contributed by atoms with E-state index in [9.17, 15) is 9.90 Å². The molecular formula is C19H26N2O2S. The number of carbonyl (C=O) groups is 1. The number of rotatable bonds is 7. The number of urea groups is 1. The summed E-state index contributed by atoms with van der Waals surface area (Å²) in [4.78, 5) is 14.1. The van der Waals surface area contributed by atoms with Crippen molar-refractivity contribution < 1.29 is 9.90 Å². The van der Waals surface area contributed by atoms with Gasteiger partial charge in [-0.3, -0.25) is 0 Å². The molecule has 0 bridgehead atoms. The lowest BCUT2D eigenvalue weighted by Crippen LogP contribution is -2.39. The standard InChI is InChI=1S/C19H26N2O2S/c1-14(2)16-4-6-17(7-5-16)18(8-10-22)20-19(23)21(3)12-15-9-11-24-13-15/h4-7,9,11,13-14,18,22H,8,10,12H2,1-3H3,(H,20,23)/t18-/m1/s1. The van der Waals surface area contributed by atoms with Crippen molar-refractivity contribution in [1.29, 1.82) is 0 Å². The first kappa shape index (κ1) is 18.5. The molecule has 0 unspecified atom stereocenters. The molecule has 0 aliphatic carbocycles. The molecule has 24 heavy (non-hydrogen) atoms. The van der Waals surface area contributed by atoms with Gasteiger partial charge < -0.3 is 15.3 Å². The Morgan fingerprint density at radius 2 is 1.88 bits per heavy atom. The fourth-order valence-corrected chi connectivity index (χ4v) is 3.21. The van der Waals surface area contributed by atoms with Crippen LogP contribution in [0.2, 0.25) is 0 Å². The lowest BCUT2D eigenvalue weighted by atomic mass is 9.98. The van der Waals surface area contributed by atoms with Crippen molar-refractivity contribution in [2.24, 2.45) is 0 Å². The van der Waals surface area contributed by atoms with E-state index in [0.717, 1.165) is 11.1 Å². The smallest absolute Gasteiger partial charge is 0.317 e. The Morgan fingerprint density at radius 3 is 2.42 bits per heavy atom. The molecule has 0 aliphatic heterocycles. The molecule has 1 atom stereocenters. The number of carbonyl (C=O) groups excluding carboxylic acids is 1. The molecule has 0 aliphatic rings. The first-order valence-corrected chi connectivity index (χ1v) is 9.19. The van der Waals surface area contributed by atoms with Crippen molar-refractivity contribution in [3.05, 3.63) is 57.8 Å². The van der Waals surface area contributed by atoms with Crippen LogP contribution in [0, 0.1) is 0 Å². The number of benzene rings is 1. The van der Waals surface area contributed by atoms with Gasteiger partial charge >= 0.3 is 6.03 Å². The molecule has 0 fully saturated rings. The summed E-state index contributed by atoms with van der Waals surface area (Å²) < 4.78 is 0. The lowest BCUT2D eigenvalue weighted by molar-refractivity contribution is 0.198. The van der Waals surface area contributed by atoms with E-state index >= 15 is 0 Å². The molecule has 1 heterocycles. The summed E-state index contributed by atoms with van der Waals surface area (Å²) >= 11 is 1.62. The molecule has 0 spiro atoms. The van der Waals surface area contributed by atoms with Crippen molar-refractivity contribution >= 4 is 17.4 Å². The topological polar surface area (TPSA) is 52.6 Å². The quantitative estimate of drug-likeness (QED) is 0.792. The van der Waals surface area contributed by atoms with Crippen LogP contribution in [0.25, 0.3) is 0 Å². The Kier molecular flexibility index (Phi) is 6.82. The Balaban J connectivity index is 2.02. The van der Waals surface area contributed by atoms with Crippen molar-refractivity contribution in [2.45, 2.75) is 38.8 Å². The highest BCUT2D eigenvalue weighted by atomic mass is 32.1. The molecule has 2 N–H and O–H groups in total. The lowest BCUT2D eigenvalue weighted by Gasteiger charge is -2.24. The van der Waals surface area contributed by atoms with Gasteiger partial charge in [0.1, 0.15) is 0 Å². The average molecular weight is 346 g/mol. The number of nitrogens with zero attached hydrogens (tertiary/aromatic N) is 1. The van der Waals surface area contributed by atoms with Crippen molar-refractivity contribution in [3.8, 4) is 0 Å². The van der Waals surface area contributed by atoms with Gasteiger partial charge in [0.25, 0.3) is 0 Å². The molecular weight excluding hydrogens is 320 g/mol. The van der Waals surface area contributed by atoms with Crippen LogP contribution in [-0.2, 0) is 6.54 Å². The van der Waals surface area contributed by atoms with Gasteiger partial charge in [0.15, 0.2) is 0 Å². The summed E-state index contributed by atoms with van der Waals surface area (Å²) in [5.41, 5.74) is 3.41. The van der Waals surface area contributed by atoms with Gasteiger partial charge in [0.2, 0.25) is 0 Å². The SMILES string of the molecule is CC(C)c1ccc([C@@H](CCO)NC(=O)N(C)Cc2ccsc2)cc1. The van der Waals surface area contributed by atoms with Crippen molar-refractivity contribution in [1.82, 2.24) is 10.2 Å². The third-order valence-electron chi connectivity index (χ3n) is 4.07. The van der Waals surface area contributed by atoms with Crippen LogP contribution in [0.15, 0.2) is 41.1 Å². The zero-order valence-corrected chi connectivity index (χ0v) is 15.3. The van der Waals surface area contributed by atoms with Gasteiger partial charge in [0, 0.05) is 20.2 Å². The van der Waals surface area contributed by atoms with E-state index in [2.05, 4.69) is 31.3 Å². The predicted molar refractivity (Wildman–Crippen MR) is 99.3 cm³/mol. The molecule has 2 amide bonds. The minimum Gasteiger partial charge on any atom is -0.396 e. The van der Waals surface area contributed by atoms with E-state index in [4.69, 9.17) is 0 Å². The first-order chi connectivity index (χ1) is 11.5. The van der Waals surface area contributed by atoms with E-state index < -0.39 is 0 Å². The van der Waals surface area contributed by atoms with Crippen LogP contribution >= 0.6 is 11.3 Å². The van der Waals surface area contributed by atoms with Crippen LogP contribution in [0.5, 0.6) is 0 Å². The highest BCUT2D eigenvalue weighted by Gasteiger charge is 2.17. The number of hydrogen-bond acceptors (Lipinski definition) is 3. The summed E-state index contributed by atoms with van der Waals surface area (Å²) in [5, 5.41) is 16.4. The minimum atomic E-state index is -0.186. The molecule has 4 nitrogen and oxygen atoms in total. The highest BCUT2D eigenvalue weighted by molar-refractivity contribution is 7.07. The Bertz CT molecular complexity index is 623. The largest absolute Gasteiger partial charge is 0.396 e. The molecule has 2 aromatic rings. The number of hydrogen-bond donors (Lipinski definition) is 2. The first-order valence-electron chi connectivity index (χ1n) is 8.24. The molecule has 130 valence electrons. The van der Waals surface area contributed by atoms with Crippen molar-refractivity contribution in [2.75, 3.05) is 13.7 Å². The maximum atomic E-state index is 12.4. The minimum absolute atomic E-state index is 0.0329. The number of amides is 2. The Labute approximate surface area is 148 Å². The predicted octanol–water partition coefficient (Wildman–Crippen LogP) is 4.14. The second-order valence-electron chi connectivity index (χ2n) is 6.32. The normalized spacial score (nSPS) is 12.2. The Morgan fingerprint density at radius 1 is 1.21 bits per heavy atom. The summed E-state index contributed by atoms with van der Waals surface area (Å²) in [6.45, 7) is 4.92. The number of aliphatic hydroxyl groups excluding tert-OH is 1. The fourth-order valence-electron chi connectivity index (χ4n) is 2.55. The van der Waals surface area contributed by atoms with Crippen LogP contribution < -0.4 is 5.32 Å². The van der Waals surface area contributed by atoms with E-state index in [1.165, 1.54) is 5.56 Å². The maximum Gasteiger partial charge on any atom is 0.317 e. The van der Waals surface area contributed by atoms with Crippen LogP contribution in [0.4, 0.5) is 4.79 Å². The fraction of sp³-hybridized carbons (Fsp3) is 0.421. The molecule has 1 aromatic heterocycles. The summed E-state index contributed by atoms with van der Waals surface area (Å²) in [6.07, 6.45) is 0.499. The second-order valence-corrected chi connectivity index (χ2v) is 7.10. The van der Waals surface area contributed by atoms with Crippen LogP contribution in [0.3, 0.4) is 0 Å². The summed E-state index contributed by atoms with van der Waals surface area (Å²) in [6, 6.07) is 9.95. The number of nitrogens with one attached hydrogen (secondary N) is 1. The monoisotopic (exact) mass is 346 g/mol. The van der Waals surface area contributed by atoms with Gasteiger partial charge in [-0.15, -0.1) is 0 Å². The van der Waals surface area contributed by atoms with Gasteiger partial charge in [0.05, 0.1) is 6.04 Å². The summed E-state index contributed by atoms with van der Waals surface area (Å²) in [7, 11) is 1.78. The van der Waals surface area contributed by atoms with E-state index in [1.54, 1.807) is 23.3 Å². The maximum absolute atomic E-state index is 12.4. The third-order valence-corrected chi connectivity index (χ3v) is 4.80. The number of aliphatic hydroxyl groups is 1. The van der Waals surface area contributed by atoms with E-state index in [-0.39, 0.29) is 18.7 Å². The van der Waals surface area contributed by atoms with E-state index in [0.29, 0.717) is 18.9 Å². The van der Waals surface area contributed by atoms with Gasteiger partial charge in [-0.25, -0.2) is 4.79 Å². The van der Waals surface area contributed by atoms with Gasteiger partial charge in [-0.05, 0) is 45.9 Å². The molecule has 2 rings (SSSR count). The molecule has 0 saturated carbocycles. The zero-order valence-electron chi connectivity index (χ0n) is 14.5. The van der Waals surface area contributed by atoms with Crippen LogP contribution in [0.1, 0.15) is 48.9 Å². The summed E-state index contributed by atoms with van der Waals surface area (Å²) in [5.74, 6) is 0.474. The highest BCUT2D eigenvalue weighted by Crippen LogP contribution is 2.21.